The highest BCUT2D eigenvalue weighted by Crippen LogP contribution is 2.36. The van der Waals surface area contributed by atoms with Crippen LogP contribution in [0, 0.1) is 0 Å². The Hall–Kier alpha value is -2.08. The highest BCUT2D eigenvalue weighted by atomic mass is 32.1. The summed E-state index contributed by atoms with van der Waals surface area (Å²) in [5.41, 5.74) is 2.49. The Kier molecular flexibility index (Phi) is 4.02. The summed E-state index contributed by atoms with van der Waals surface area (Å²) in [4.78, 5) is 28.6. The van der Waals surface area contributed by atoms with Crippen molar-refractivity contribution in [3.05, 3.63) is 46.3 Å². The Labute approximate surface area is 133 Å². The number of nitrogens with zero attached hydrogens (tertiary/aromatic N) is 2. The lowest BCUT2D eigenvalue weighted by Gasteiger charge is -2.32. The van der Waals surface area contributed by atoms with Gasteiger partial charge in [-0.2, -0.15) is 11.3 Å². The molecule has 0 aliphatic carbocycles. The topological polar surface area (TPSA) is 52.7 Å². The van der Waals surface area contributed by atoms with E-state index in [1.54, 1.807) is 22.3 Å². The number of carbonyl (C=O) groups is 2. The molecule has 3 heterocycles. The van der Waals surface area contributed by atoms with E-state index in [1.165, 1.54) is 0 Å². The van der Waals surface area contributed by atoms with E-state index in [0.717, 1.165) is 17.7 Å². The molecule has 1 atom stereocenters. The molecule has 0 bridgehead atoms. The average molecular weight is 317 g/mol. The molecule has 3 amide bonds. The van der Waals surface area contributed by atoms with Gasteiger partial charge < -0.3 is 10.2 Å². The van der Waals surface area contributed by atoms with E-state index in [-0.39, 0.29) is 18.0 Å². The standard InChI is InChI=1S/C16H19N3O2S/c1-3-6-18-9-12-13(15(18)20)14(11-5-8-22-10-11)17-16(21)19(12)7-4-2/h4-5,8,10,14H,2-3,6-7,9H2,1H3,(H,17,21)/t14-/m1/s1. The molecule has 0 unspecified atom stereocenters. The molecular formula is C16H19N3O2S. The molecule has 1 N–H and O–H groups in total. The van der Waals surface area contributed by atoms with Gasteiger partial charge in [-0.15, -0.1) is 6.58 Å². The zero-order valence-electron chi connectivity index (χ0n) is 12.5. The molecule has 2 aliphatic heterocycles. The van der Waals surface area contributed by atoms with Crippen molar-refractivity contribution in [2.24, 2.45) is 0 Å². The molecule has 3 rings (SSSR count). The summed E-state index contributed by atoms with van der Waals surface area (Å²) in [6.45, 7) is 7.37. The van der Waals surface area contributed by atoms with Crippen LogP contribution >= 0.6 is 11.3 Å². The molecule has 0 saturated carbocycles. The van der Waals surface area contributed by atoms with Gasteiger partial charge in [-0.05, 0) is 28.8 Å². The Morgan fingerprint density at radius 2 is 2.32 bits per heavy atom. The Morgan fingerprint density at radius 1 is 1.50 bits per heavy atom. The fourth-order valence-electron chi connectivity index (χ4n) is 3.01. The largest absolute Gasteiger partial charge is 0.333 e. The van der Waals surface area contributed by atoms with Crippen LogP contribution in [0.5, 0.6) is 0 Å². The van der Waals surface area contributed by atoms with E-state index < -0.39 is 0 Å². The van der Waals surface area contributed by atoms with Crippen LogP contribution < -0.4 is 5.32 Å². The number of hydrogen-bond acceptors (Lipinski definition) is 3. The second-order valence-corrected chi connectivity index (χ2v) is 6.21. The van der Waals surface area contributed by atoms with E-state index in [4.69, 9.17) is 0 Å². The van der Waals surface area contributed by atoms with Crippen molar-refractivity contribution in [3.8, 4) is 0 Å². The monoisotopic (exact) mass is 317 g/mol. The van der Waals surface area contributed by atoms with Crippen LogP contribution in [0.2, 0.25) is 0 Å². The Morgan fingerprint density at radius 3 is 2.95 bits per heavy atom. The zero-order chi connectivity index (χ0) is 15.7. The second kappa shape index (κ2) is 5.96. The normalized spacial score (nSPS) is 21.2. The van der Waals surface area contributed by atoms with Crippen LogP contribution in [0.25, 0.3) is 0 Å². The summed E-state index contributed by atoms with van der Waals surface area (Å²) < 4.78 is 0. The lowest BCUT2D eigenvalue weighted by Crippen LogP contribution is -2.47. The Bertz CT molecular complexity index is 636. The van der Waals surface area contributed by atoms with Gasteiger partial charge in [-0.3, -0.25) is 9.69 Å². The zero-order valence-corrected chi connectivity index (χ0v) is 13.4. The quantitative estimate of drug-likeness (QED) is 0.848. The highest BCUT2D eigenvalue weighted by Gasteiger charge is 2.43. The number of urea groups is 1. The lowest BCUT2D eigenvalue weighted by molar-refractivity contribution is -0.125. The third kappa shape index (κ3) is 2.33. The molecule has 1 aromatic rings. The van der Waals surface area contributed by atoms with Gasteiger partial charge in [0.15, 0.2) is 0 Å². The van der Waals surface area contributed by atoms with Gasteiger partial charge in [0.1, 0.15) is 0 Å². The second-order valence-electron chi connectivity index (χ2n) is 5.43. The molecule has 5 nitrogen and oxygen atoms in total. The molecule has 0 spiro atoms. The maximum atomic E-state index is 12.8. The van der Waals surface area contributed by atoms with Gasteiger partial charge in [0.25, 0.3) is 5.91 Å². The van der Waals surface area contributed by atoms with E-state index in [1.807, 2.05) is 28.7 Å². The van der Waals surface area contributed by atoms with Crippen LogP contribution in [-0.4, -0.2) is 41.4 Å². The molecule has 2 aliphatic rings. The van der Waals surface area contributed by atoms with E-state index in [2.05, 4.69) is 11.9 Å². The summed E-state index contributed by atoms with van der Waals surface area (Å²) in [5.74, 6) is 0.0297. The van der Waals surface area contributed by atoms with Gasteiger partial charge >= 0.3 is 6.03 Å². The number of nitrogens with one attached hydrogen (secondary N) is 1. The van der Waals surface area contributed by atoms with E-state index >= 15 is 0 Å². The maximum Gasteiger partial charge on any atom is 0.322 e. The van der Waals surface area contributed by atoms with Gasteiger partial charge in [-0.1, -0.05) is 13.0 Å². The smallest absolute Gasteiger partial charge is 0.322 e. The first-order valence-electron chi connectivity index (χ1n) is 7.40. The molecule has 0 aromatic carbocycles. The molecule has 1 aromatic heterocycles. The molecule has 116 valence electrons. The maximum absolute atomic E-state index is 12.8. The summed E-state index contributed by atoms with van der Waals surface area (Å²) in [6, 6.07) is 1.45. The highest BCUT2D eigenvalue weighted by molar-refractivity contribution is 7.08. The third-order valence-corrected chi connectivity index (χ3v) is 4.68. The van der Waals surface area contributed by atoms with Crippen LogP contribution in [-0.2, 0) is 4.79 Å². The van der Waals surface area contributed by atoms with Gasteiger partial charge in [0, 0.05) is 13.1 Å². The Balaban J connectivity index is 2.03. The fourth-order valence-corrected chi connectivity index (χ4v) is 3.70. The molecule has 0 fully saturated rings. The van der Waals surface area contributed by atoms with E-state index in [9.17, 15) is 9.59 Å². The SMILES string of the molecule is C=CCN1C(=O)N[C@H](c2ccsc2)C2=C1CN(CCC)C2=O. The van der Waals surface area contributed by atoms with Gasteiger partial charge in [0.05, 0.1) is 23.9 Å². The van der Waals surface area contributed by atoms with Crippen molar-refractivity contribution in [3.63, 3.8) is 0 Å². The summed E-state index contributed by atoms with van der Waals surface area (Å²) in [5, 5.41) is 6.90. The first kappa shape index (κ1) is 14.8. The van der Waals surface area contributed by atoms with Crippen molar-refractivity contribution in [1.29, 1.82) is 0 Å². The van der Waals surface area contributed by atoms with E-state index in [0.29, 0.717) is 25.2 Å². The van der Waals surface area contributed by atoms with Crippen LogP contribution in [0.3, 0.4) is 0 Å². The average Bonchev–Trinajstić information content (AvgIpc) is 3.12. The number of hydrogen-bond donors (Lipinski definition) is 1. The van der Waals surface area contributed by atoms with Crippen LogP contribution in [0.1, 0.15) is 24.9 Å². The molecule has 22 heavy (non-hydrogen) atoms. The molecule has 6 heteroatoms. The minimum absolute atomic E-state index is 0.0297. The molecular weight excluding hydrogens is 298 g/mol. The minimum atomic E-state index is -0.343. The summed E-state index contributed by atoms with van der Waals surface area (Å²) in [6.07, 6.45) is 2.58. The lowest BCUT2D eigenvalue weighted by atomic mass is 9.98. The number of thiophene rings is 1. The molecule has 0 saturated heterocycles. The number of rotatable bonds is 5. The predicted octanol–water partition coefficient (Wildman–Crippen LogP) is 2.51. The predicted molar refractivity (Wildman–Crippen MR) is 86.4 cm³/mol. The van der Waals surface area contributed by atoms with Crippen LogP contribution in [0.15, 0.2) is 40.8 Å². The first-order valence-corrected chi connectivity index (χ1v) is 8.35. The van der Waals surface area contributed by atoms with Crippen molar-refractivity contribution >= 4 is 23.3 Å². The minimum Gasteiger partial charge on any atom is -0.333 e. The van der Waals surface area contributed by atoms with Crippen LogP contribution in [0.4, 0.5) is 4.79 Å². The third-order valence-electron chi connectivity index (χ3n) is 3.98. The summed E-state index contributed by atoms with van der Waals surface area (Å²) >= 11 is 1.56. The fraction of sp³-hybridized carbons (Fsp3) is 0.375. The number of carbonyl (C=O) groups excluding carboxylic acids is 2. The summed E-state index contributed by atoms with van der Waals surface area (Å²) in [7, 11) is 0. The van der Waals surface area contributed by atoms with Gasteiger partial charge in [0.2, 0.25) is 0 Å². The number of amides is 3. The van der Waals surface area contributed by atoms with Crippen molar-refractivity contribution in [2.75, 3.05) is 19.6 Å². The van der Waals surface area contributed by atoms with Crippen molar-refractivity contribution < 1.29 is 9.59 Å². The van der Waals surface area contributed by atoms with Crippen molar-refractivity contribution in [1.82, 2.24) is 15.1 Å². The first-order chi connectivity index (χ1) is 10.7. The van der Waals surface area contributed by atoms with Gasteiger partial charge in [-0.25, -0.2) is 4.79 Å². The van der Waals surface area contributed by atoms with Crippen molar-refractivity contribution in [2.45, 2.75) is 19.4 Å². The molecule has 0 radical (unpaired) electrons.